The molecule has 0 bridgehead atoms. The van der Waals surface area contributed by atoms with E-state index in [4.69, 9.17) is 0 Å². The molecule has 0 spiro atoms. The number of anilines is 6. The fraction of sp³-hybridized carbons (Fsp3) is 0.0323. The van der Waals surface area contributed by atoms with Gasteiger partial charge in [-0.2, -0.15) is 0 Å². The highest BCUT2D eigenvalue weighted by atomic mass is 32.2. The first-order chi connectivity index (χ1) is 33.0. The Hall–Kier alpha value is -8.25. The van der Waals surface area contributed by atoms with Gasteiger partial charge >= 0.3 is 0 Å². The van der Waals surface area contributed by atoms with Crippen LogP contribution in [0.5, 0.6) is 0 Å². The molecule has 10 aromatic rings. The molecule has 0 saturated heterocycles. The number of sulfone groups is 1. The Balaban J connectivity index is 0.921. The van der Waals surface area contributed by atoms with Crippen LogP contribution in [0.1, 0.15) is 44.5 Å². The molecule has 0 amide bonds. The van der Waals surface area contributed by atoms with Gasteiger partial charge in [0.05, 0.1) is 43.4 Å². The summed E-state index contributed by atoms with van der Waals surface area (Å²) < 4.78 is 29.1. The van der Waals surface area contributed by atoms with Crippen LogP contribution in [0.2, 0.25) is 0 Å². The molecule has 320 valence electrons. The van der Waals surface area contributed by atoms with Gasteiger partial charge in [-0.15, -0.1) is 0 Å². The van der Waals surface area contributed by atoms with Crippen molar-refractivity contribution < 1.29 is 8.42 Å². The van der Waals surface area contributed by atoms with Crippen molar-refractivity contribution in [3.8, 4) is 0 Å². The Morgan fingerprint density at radius 3 is 0.731 bits per heavy atom. The van der Waals surface area contributed by atoms with E-state index < -0.39 is 20.7 Å². The first-order valence-corrected chi connectivity index (χ1v) is 24.2. The van der Waals surface area contributed by atoms with E-state index in [-0.39, 0.29) is 9.79 Å². The predicted octanol–water partition coefficient (Wildman–Crippen LogP) is 14.9. The number of benzene rings is 10. The first-order valence-electron chi connectivity index (χ1n) is 22.7. The summed E-state index contributed by atoms with van der Waals surface area (Å²) in [6.07, 6.45) is 0. The third kappa shape index (κ3) is 6.08. The summed E-state index contributed by atoms with van der Waals surface area (Å²) in [6, 6.07) is 91.9. The van der Waals surface area contributed by atoms with E-state index in [1.165, 1.54) is 22.3 Å². The number of rotatable bonds is 8. The average molecular weight is 881 g/mol. The summed E-state index contributed by atoms with van der Waals surface area (Å²) in [4.78, 5) is 4.99. The Morgan fingerprint density at radius 2 is 0.478 bits per heavy atom. The van der Waals surface area contributed by atoms with Crippen molar-refractivity contribution in [3.05, 3.63) is 311 Å². The van der Waals surface area contributed by atoms with Crippen molar-refractivity contribution >= 4 is 44.0 Å². The van der Waals surface area contributed by atoms with Crippen molar-refractivity contribution in [1.29, 1.82) is 0 Å². The molecule has 12 rings (SSSR count). The number of para-hydroxylation sites is 4. The molecule has 0 atom stereocenters. The molecule has 0 fully saturated rings. The number of nitrogens with zero attached hydrogens (tertiary/aromatic N) is 2. The van der Waals surface area contributed by atoms with Gasteiger partial charge in [0.2, 0.25) is 9.84 Å². The summed E-state index contributed by atoms with van der Waals surface area (Å²) in [5, 5.41) is 0. The second kappa shape index (κ2) is 16.0. The van der Waals surface area contributed by atoms with E-state index in [0.717, 1.165) is 56.4 Å². The van der Waals surface area contributed by atoms with E-state index in [9.17, 15) is 8.42 Å². The lowest BCUT2D eigenvalue weighted by Gasteiger charge is -2.46. The van der Waals surface area contributed by atoms with Gasteiger partial charge in [0.25, 0.3) is 0 Å². The summed E-state index contributed by atoms with van der Waals surface area (Å²) in [7, 11) is -3.89. The van der Waals surface area contributed by atoms with Gasteiger partial charge in [-0.05, 0) is 117 Å². The maximum atomic E-state index is 14.6. The quantitative estimate of drug-likeness (QED) is 0.152. The van der Waals surface area contributed by atoms with Crippen molar-refractivity contribution in [2.24, 2.45) is 0 Å². The van der Waals surface area contributed by atoms with Crippen LogP contribution in [0, 0.1) is 0 Å². The maximum absolute atomic E-state index is 14.6. The van der Waals surface area contributed by atoms with E-state index in [1.54, 1.807) is 24.3 Å². The molecule has 67 heavy (non-hydrogen) atoms. The van der Waals surface area contributed by atoms with Crippen LogP contribution in [-0.4, -0.2) is 8.42 Å². The average Bonchev–Trinajstić information content (AvgIpc) is 3.40. The van der Waals surface area contributed by atoms with Crippen LogP contribution >= 0.6 is 0 Å². The van der Waals surface area contributed by atoms with E-state index in [0.29, 0.717) is 0 Å². The van der Waals surface area contributed by atoms with E-state index in [2.05, 4.69) is 228 Å². The molecule has 0 radical (unpaired) electrons. The van der Waals surface area contributed by atoms with Crippen molar-refractivity contribution in [2.75, 3.05) is 9.80 Å². The normalized spacial score (nSPS) is 14.3. The van der Waals surface area contributed by atoms with Gasteiger partial charge in [0.15, 0.2) is 0 Å². The summed E-state index contributed by atoms with van der Waals surface area (Å²) in [5.41, 5.74) is 14.0. The Bertz CT molecular complexity index is 3120. The Labute approximate surface area is 392 Å². The second-order valence-corrected chi connectivity index (χ2v) is 19.1. The Kier molecular flexibility index (Phi) is 9.63. The van der Waals surface area contributed by atoms with Gasteiger partial charge < -0.3 is 9.80 Å². The van der Waals surface area contributed by atoms with Gasteiger partial charge in [0.1, 0.15) is 0 Å². The lowest BCUT2D eigenvalue weighted by atomic mass is 9.62. The molecule has 0 aromatic heterocycles. The highest BCUT2D eigenvalue weighted by Crippen LogP contribution is 2.59. The van der Waals surface area contributed by atoms with E-state index >= 15 is 0 Å². The zero-order valence-electron chi connectivity index (χ0n) is 36.5. The van der Waals surface area contributed by atoms with Crippen LogP contribution in [0.4, 0.5) is 34.1 Å². The molecule has 5 heteroatoms. The summed E-state index contributed by atoms with van der Waals surface area (Å²) in [5.74, 6) is 0. The molecule has 0 unspecified atom stereocenters. The molecular formula is C62H44N2O2S. The van der Waals surface area contributed by atoms with Crippen molar-refractivity contribution in [2.45, 2.75) is 20.6 Å². The molecule has 2 heterocycles. The standard InChI is InChI=1S/C62H44N2O2S/c65-67(66,51-41-37-49(38-42-51)63-57-33-17-13-29-53(57)61(45-21-5-1-6-22-45,46-23-7-2-8-24-46)54-30-14-18-34-58(54)63)52-43-39-50(40-44-52)64-59-35-19-15-31-55(59)62(47-25-9-3-10-26-47,48-27-11-4-12-28-48)56-32-16-20-36-60(56)64/h1-44H. The van der Waals surface area contributed by atoms with Gasteiger partial charge in [-0.3, -0.25) is 0 Å². The molecule has 0 aliphatic carbocycles. The molecule has 2 aliphatic rings. The minimum atomic E-state index is -3.89. The zero-order chi connectivity index (χ0) is 45.0. The molecule has 2 aliphatic heterocycles. The summed E-state index contributed by atoms with van der Waals surface area (Å²) >= 11 is 0. The number of hydrogen-bond acceptors (Lipinski definition) is 4. The summed E-state index contributed by atoms with van der Waals surface area (Å²) in [6.45, 7) is 0. The third-order valence-corrected chi connectivity index (χ3v) is 15.6. The lowest BCUT2D eigenvalue weighted by molar-refractivity contribution is 0.596. The van der Waals surface area contributed by atoms with E-state index in [1.807, 2.05) is 24.3 Å². The molecule has 4 nitrogen and oxygen atoms in total. The number of fused-ring (bicyclic) bond motifs is 4. The van der Waals surface area contributed by atoms with Gasteiger partial charge in [-0.1, -0.05) is 194 Å². The Morgan fingerprint density at radius 1 is 0.254 bits per heavy atom. The van der Waals surface area contributed by atoms with Crippen molar-refractivity contribution in [3.63, 3.8) is 0 Å². The highest BCUT2D eigenvalue weighted by molar-refractivity contribution is 7.91. The zero-order valence-corrected chi connectivity index (χ0v) is 37.3. The third-order valence-electron chi connectivity index (χ3n) is 13.8. The lowest BCUT2D eigenvalue weighted by Crippen LogP contribution is -2.37. The smallest absolute Gasteiger partial charge is 0.206 e. The van der Waals surface area contributed by atoms with Gasteiger partial charge in [0, 0.05) is 11.4 Å². The first kappa shape index (κ1) is 40.3. The predicted molar refractivity (Wildman–Crippen MR) is 271 cm³/mol. The minimum absolute atomic E-state index is 0.231. The monoisotopic (exact) mass is 880 g/mol. The molecule has 10 aromatic carbocycles. The fourth-order valence-electron chi connectivity index (χ4n) is 11.1. The minimum Gasteiger partial charge on any atom is -0.310 e. The van der Waals surface area contributed by atoms with Gasteiger partial charge in [-0.25, -0.2) is 8.42 Å². The molecule has 0 N–H and O–H groups in total. The topological polar surface area (TPSA) is 40.6 Å². The fourth-order valence-corrected chi connectivity index (χ4v) is 12.3. The maximum Gasteiger partial charge on any atom is 0.206 e. The second-order valence-electron chi connectivity index (χ2n) is 17.2. The molecular weight excluding hydrogens is 837 g/mol. The number of hydrogen-bond donors (Lipinski definition) is 0. The highest BCUT2D eigenvalue weighted by Gasteiger charge is 2.48. The van der Waals surface area contributed by atoms with Crippen molar-refractivity contribution in [1.82, 2.24) is 0 Å². The van der Waals surface area contributed by atoms with Crippen LogP contribution in [-0.2, 0) is 20.7 Å². The van der Waals surface area contributed by atoms with Crippen LogP contribution in [0.15, 0.2) is 277 Å². The van der Waals surface area contributed by atoms with Crippen LogP contribution < -0.4 is 9.80 Å². The largest absolute Gasteiger partial charge is 0.310 e. The molecule has 0 saturated carbocycles. The SMILES string of the molecule is O=S(=O)(c1ccc(N2c3ccccc3C(c3ccccc3)(c3ccccc3)c3ccccc32)cc1)c1ccc(N2c3ccccc3C(c3ccccc3)(c3ccccc3)c3ccccc32)cc1. The van der Waals surface area contributed by atoms with Crippen LogP contribution in [0.25, 0.3) is 0 Å². The van der Waals surface area contributed by atoms with Crippen LogP contribution in [0.3, 0.4) is 0 Å².